The van der Waals surface area contributed by atoms with Gasteiger partial charge in [-0.3, -0.25) is 19.3 Å². The van der Waals surface area contributed by atoms with Gasteiger partial charge in [0.15, 0.2) is 0 Å². The summed E-state index contributed by atoms with van der Waals surface area (Å²) in [6.45, 7) is 4.42. The highest BCUT2D eigenvalue weighted by Crippen LogP contribution is 2.47. The molecule has 0 saturated carbocycles. The number of aromatic nitrogens is 2. The molecule has 8 heteroatoms. The lowest BCUT2D eigenvalue weighted by atomic mass is 10.1. The lowest BCUT2D eigenvalue weighted by molar-refractivity contribution is 0.394. The molecule has 0 amide bonds. The molecular weight excluding hydrogens is 418 g/mol. The highest BCUT2D eigenvalue weighted by molar-refractivity contribution is 7.99. The van der Waals surface area contributed by atoms with Gasteiger partial charge < -0.3 is 5.11 Å². The second-order valence-corrected chi connectivity index (χ2v) is 9.81. The normalized spacial score (nSPS) is 16.1. The Labute approximate surface area is 182 Å². The number of aliphatic imine (C=N–C) groups is 1. The number of unbranched alkanes of at least 4 members (excludes halogenated alkanes) is 1. The Morgan fingerprint density at radius 3 is 2.77 bits per heavy atom. The third kappa shape index (κ3) is 4.02. The minimum Gasteiger partial charge on any atom is -0.494 e. The molecule has 0 fully saturated rings. The van der Waals surface area contributed by atoms with Crippen LogP contribution in [0.15, 0.2) is 55.9 Å². The van der Waals surface area contributed by atoms with Crippen LogP contribution in [0.2, 0.25) is 0 Å². The average Bonchev–Trinajstić information content (AvgIpc) is 3.05. The Morgan fingerprint density at radius 1 is 1.23 bits per heavy atom. The van der Waals surface area contributed by atoms with Crippen LogP contribution in [0.1, 0.15) is 46.8 Å². The van der Waals surface area contributed by atoms with Crippen LogP contribution in [-0.2, 0) is 6.54 Å². The predicted octanol–water partition coefficient (Wildman–Crippen LogP) is 4.77. The molecule has 0 aliphatic carbocycles. The van der Waals surface area contributed by atoms with E-state index in [-0.39, 0.29) is 16.7 Å². The van der Waals surface area contributed by atoms with Crippen LogP contribution < -0.4 is 11.2 Å². The predicted molar refractivity (Wildman–Crippen MR) is 123 cm³/mol. The number of thiophene rings is 1. The van der Waals surface area contributed by atoms with Crippen LogP contribution >= 0.6 is 23.1 Å². The Morgan fingerprint density at radius 2 is 2.03 bits per heavy atom. The number of hydrogen-bond acceptors (Lipinski definition) is 6. The number of thioether (sulfide) groups is 1. The third-order valence-corrected chi connectivity index (χ3v) is 7.61. The van der Waals surface area contributed by atoms with E-state index < -0.39 is 11.2 Å². The molecule has 1 atom stereocenters. The van der Waals surface area contributed by atoms with Gasteiger partial charge in [-0.15, -0.1) is 23.1 Å². The fraction of sp³-hybridized carbons (Fsp3) is 0.318. The minimum absolute atomic E-state index is 0.0564. The minimum atomic E-state index is -0.602. The number of hydrogen-bond donors (Lipinski definition) is 2. The molecule has 0 spiro atoms. The molecule has 3 aromatic rings. The average molecular weight is 442 g/mol. The fourth-order valence-corrected chi connectivity index (χ4v) is 5.78. The molecule has 3 heterocycles. The van der Waals surface area contributed by atoms with Gasteiger partial charge in [0.05, 0.1) is 11.4 Å². The van der Waals surface area contributed by atoms with Crippen molar-refractivity contribution in [1.29, 1.82) is 0 Å². The number of para-hydroxylation sites is 1. The molecule has 0 bridgehead atoms. The summed E-state index contributed by atoms with van der Waals surface area (Å²) in [7, 11) is 0. The fourth-order valence-electron chi connectivity index (χ4n) is 3.50. The van der Waals surface area contributed by atoms with Crippen molar-refractivity contribution in [1.82, 2.24) is 9.55 Å². The summed E-state index contributed by atoms with van der Waals surface area (Å²) >= 11 is 3.43. The summed E-state index contributed by atoms with van der Waals surface area (Å²) in [6, 6.07) is 12.0. The van der Waals surface area contributed by atoms with Gasteiger partial charge in [-0.05, 0) is 37.6 Å². The van der Waals surface area contributed by atoms with Crippen molar-refractivity contribution in [2.24, 2.45) is 4.99 Å². The Bertz CT molecular complexity index is 1220. The van der Waals surface area contributed by atoms with Crippen molar-refractivity contribution < 1.29 is 5.11 Å². The van der Waals surface area contributed by atoms with Gasteiger partial charge in [-0.25, -0.2) is 4.79 Å². The second-order valence-electron chi connectivity index (χ2n) is 7.25. The maximum Gasteiger partial charge on any atom is 0.331 e. The van der Waals surface area contributed by atoms with Gasteiger partial charge in [-0.1, -0.05) is 25.5 Å². The van der Waals surface area contributed by atoms with Crippen molar-refractivity contribution >= 4 is 34.5 Å². The lowest BCUT2D eigenvalue weighted by Crippen LogP contribution is -2.34. The summed E-state index contributed by atoms with van der Waals surface area (Å²) in [5, 5.41) is 10.9. The largest absolute Gasteiger partial charge is 0.494 e. The zero-order valence-electron chi connectivity index (χ0n) is 16.8. The van der Waals surface area contributed by atoms with Gasteiger partial charge in [0.2, 0.25) is 5.88 Å². The molecule has 2 aromatic heterocycles. The maximum absolute atomic E-state index is 12.7. The molecule has 1 unspecified atom stereocenters. The molecular formula is C22H23N3O3S2. The van der Waals surface area contributed by atoms with Crippen LogP contribution in [0.3, 0.4) is 0 Å². The summed E-state index contributed by atoms with van der Waals surface area (Å²) in [6.07, 6.45) is 2.06. The second kappa shape index (κ2) is 8.65. The number of nitrogens with zero attached hydrogens (tertiary/aromatic N) is 2. The molecule has 30 heavy (non-hydrogen) atoms. The summed E-state index contributed by atoms with van der Waals surface area (Å²) in [4.78, 5) is 35.6. The number of rotatable bonds is 5. The van der Waals surface area contributed by atoms with E-state index in [1.165, 1.54) is 14.3 Å². The molecule has 4 rings (SSSR count). The monoisotopic (exact) mass is 441 g/mol. The first-order valence-electron chi connectivity index (χ1n) is 9.94. The standard InChI is InChI=1S/C22H23N3O3S2/c1-3-4-11-25-21(27)19(20(26)24-22(25)28)15-12-18(17-10-9-13(2)29-17)30-16-8-6-5-7-14(16)23-15/h5-10,18,27H,3-4,11-12H2,1-2H3,(H,24,26,28). The number of H-pyrrole nitrogens is 1. The van der Waals surface area contributed by atoms with E-state index in [4.69, 9.17) is 4.99 Å². The summed E-state index contributed by atoms with van der Waals surface area (Å²) < 4.78 is 1.23. The SMILES string of the molecule is CCCCn1c(O)c(C2=Nc3ccccc3SC(c3ccc(C)s3)C2)c(=O)[nH]c1=O. The van der Waals surface area contributed by atoms with Gasteiger partial charge >= 0.3 is 5.69 Å². The zero-order chi connectivity index (χ0) is 21.3. The van der Waals surface area contributed by atoms with Crippen molar-refractivity contribution in [2.45, 2.75) is 49.8 Å². The molecule has 2 N–H and O–H groups in total. The van der Waals surface area contributed by atoms with E-state index in [1.807, 2.05) is 31.2 Å². The van der Waals surface area contributed by atoms with E-state index in [0.717, 1.165) is 23.4 Å². The van der Waals surface area contributed by atoms with Crippen molar-refractivity contribution in [3.05, 3.63) is 72.6 Å². The Hall–Kier alpha value is -2.58. The quantitative estimate of drug-likeness (QED) is 0.597. The zero-order valence-corrected chi connectivity index (χ0v) is 18.5. The van der Waals surface area contributed by atoms with Crippen LogP contribution in [0.4, 0.5) is 5.69 Å². The molecule has 0 saturated heterocycles. The molecule has 6 nitrogen and oxygen atoms in total. The van der Waals surface area contributed by atoms with E-state index >= 15 is 0 Å². The molecule has 0 radical (unpaired) electrons. The van der Waals surface area contributed by atoms with Crippen LogP contribution in [-0.4, -0.2) is 20.4 Å². The van der Waals surface area contributed by atoms with Crippen molar-refractivity contribution in [3.63, 3.8) is 0 Å². The molecule has 156 valence electrons. The maximum atomic E-state index is 12.7. The highest BCUT2D eigenvalue weighted by atomic mass is 32.2. The summed E-state index contributed by atoms with van der Waals surface area (Å²) in [5.41, 5.74) is 0.144. The molecule has 1 aliphatic heterocycles. The van der Waals surface area contributed by atoms with E-state index in [0.29, 0.717) is 18.7 Å². The first-order chi connectivity index (χ1) is 14.5. The van der Waals surface area contributed by atoms with Gasteiger partial charge in [0, 0.05) is 32.9 Å². The number of aryl methyl sites for hydroxylation is 1. The van der Waals surface area contributed by atoms with Gasteiger partial charge in [0.1, 0.15) is 5.56 Å². The first kappa shape index (κ1) is 20.7. The lowest BCUT2D eigenvalue weighted by Gasteiger charge is -2.15. The number of aromatic amines is 1. The molecule has 1 aliphatic rings. The third-order valence-electron chi connectivity index (χ3n) is 5.04. The number of fused-ring (bicyclic) bond motifs is 1. The van der Waals surface area contributed by atoms with Gasteiger partial charge in [-0.2, -0.15) is 0 Å². The smallest absolute Gasteiger partial charge is 0.331 e. The number of nitrogens with one attached hydrogen (secondary N) is 1. The van der Waals surface area contributed by atoms with Gasteiger partial charge in [0.25, 0.3) is 5.56 Å². The Balaban J connectivity index is 1.87. The summed E-state index contributed by atoms with van der Waals surface area (Å²) in [5.74, 6) is -0.304. The Kier molecular flexibility index (Phi) is 5.97. The highest BCUT2D eigenvalue weighted by Gasteiger charge is 2.27. The first-order valence-corrected chi connectivity index (χ1v) is 11.6. The van der Waals surface area contributed by atoms with Crippen LogP contribution in [0, 0.1) is 6.92 Å². The molecule has 1 aromatic carbocycles. The van der Waals surface area contributed by atoms with Crippen molar-refractivity contribution in [2.75, 3.05) is 0 Å². The van der Waals surface area contributed by atoms with Crippen LogP contribution in [0.5, 0.6) is 5.88 Å². The van der Waals surface area contributed by atoms with E-state index in [2.05, 4.69) is 24.0 Å². The number of benzene rings is 1. The van der Waals surface area contributed by atoms with Crippen molar-refractivity contribution in [3.8, 4) is 5.88 Å². The van der Waals surface area contributed by atoms with E-state index in [1.54, 1.807) is 23.1 Å². The topological polar surface area (TPSA) is 87.4 Å². The van der Waals surface area contributed by atoms with E-state index in [9.17, 15) is 14.7 Å². The number of aromatic hydroxyl groups is 1. The van der Waals surface area contributed by atoms with Crippen LogP contribution in [0.25, 0.3) is 0 Å².